The van der Waals surface area contributed by atoms with Gasteiger partial charge in [0, 0.05) is 31.9 Å². The number of carbonyl (C=O) groups excluding carboxylic acids is 4. The Balaban J connectivity index is 1.22. The molecule has 2 saturated heterocycles. The predicted molar refractivity (Wildman–Crippen MR) is 108 cm³/mol. The minimum absolute atomic E-state index is 0.260. The first-order chi connectivity index (χ1) is 14.5. The Hall–Kier alpha value is -2.90. The molecule has 0 N–H and O–H groups in total. The van der Waals surface area contributed by atoms with E-state index in [-0.39, 0.29) is 36.2 Å². The van der Waals surface area contributed by atoms with Gasteiger partial charge in [-0.15, -0.1) is 0 Å². The van der Waals surface area contributed by atoms with Gasteiger partial charge in [-0.3, -0.25) is 24.1 Å². The molecule has 160 valence electrons. The van der Waals surface area contributed by atoms with Crippen LogP contribution in [0.5, 0.6) is 0 Å². The highest BCUT2D eigenvalue weighted by atomic mass is 16.5. The first-order valence-corrected chi connectivity index (χ1v) is 10.6. The van der Waals surface area contributed by atoms with E-state index in [1.165, 1.54) is 0 Å². The zero-order chi connectivity index (χ0) is 21.1. The molecule has 1 aliphatic carbocycles. The molecule has 0 aromatic heterocycles. The van der Waals surface area contributed by atoms with Crippen LogP contribution in [0.2, 0.25) is 0 Å². The number of anilines is 1. The second kappa shape index (κ2) is 8.85. The van der Waals surface area contributed by atoms with Gasteiger partial charge < -0.3 is 14.5 Å². The molecule has 2 atom stereocenters. The third-order valence-electron chi connectivity index (χ3n) is 6.33. The van der Waals surface area contributed by atoms with Crippen LogP contribution in [0, 0.1) is 11.8 Å². The van der Waals surface area contributed by atoms with Crippen LogP contribution in [0.1, 0.15) is 25.7 Å². The molecule has 1 aromatic carbocycles. The maximum atomic E-state index is 12.4. The topological polar surface area (TPSA) is 87.2 Å². The van der Waals surface area contributed by atoms with Crippen LogP contribution in [0.4, 0.5) is 5.69 Å². The summed E-state index contributed by atoms with van der Waals surface area (Å²) in [4.78, 5) is 54.3. The predicted octanol–water partition coefficient (Wildman–Crippen LogP) is 1.05. The normalized spacial score (nSPS) is 24.1. The quantitative estimate of drug-likeness (QED) is 0.530. The van der Waals surface area contributed by atoms with E-state index in [4.69, 9.17) is 4.74 Å². The van der Waals surface area contributed by atoms with Crippen molar-refractivity contribution in [3.8, 4) is 0 Å². The molecule has 0 bridgehead atoms. The molecule has 8 heteroatoms. The largest absolute Gasteiger partial charge is 0.454 e. The van der Waals surface area contributed by atoms with E-state index in [1.807, 2.05) is 30.3 Å². The molecule has 2 aliphatic heterocycles. The van der Waals surface area contributed by atoms with E-state index in [9.17, 15) is 19.2 Å². The third kappa shape index (κ3) is 4.17. The highest BCUT2D eigenvalue weighted by Crippen LogP contribution is 2.37. The average molecular weight is 413 g/mol. The van der Waals surface area contributed by atoms with Gasteiger partial charge in [-0.1, -0.05) is 31.0 Å². The number of piperazine rings is 1. The number of likely N-dealkylation sites (tertiary alicyclic amines) is 1. The van der Waals surface area contributed by atoms with Crippen molar-refractivity contribution in [2.75, 3.05) is 44.2 Å². The minimum Gasteiger partial charge on any atom is -0.454 e. The van der Waals surface area contributed by atoms with Gasteiger partial charge in [-0.05, 0) is 25.0 Å². The van der Waals surface area contributed by atoms with E-state index in [1.54, 1.807) is 4.90 Å². The van der Waals surface area contributed by atoms with Gasteiger partial charge in [0.25, 0.3) is 5.91 Å². The monoisotopic (exact) mass is 413 g/mol. The number of hydrogen-bond donors (Lipinski definition) is 0. The smallest absolute Gasteiger partial charge is 0.326 e. The molecule has 1 aromatic rings. The fraction of sp³-hybridized carbons (Fsp3) is 0.545. The number of benzene rings is 1. The number of para-hydroxylation sites is 1. The summed E-state index contributed by atoms with van der Waals surface area (Å²) >= 11 is 0. The molecular formula is C22H27N3O5. The molecule has 3 fully saturated rings. The first kappa shape index (κ1) is 20.4. The van der Waals surface area contributed by atoms with Crippen LogP contribution in [0.15, 0.2) is 30.3 Å². The SMILES string of the molecule is O=C(CN1C(=O)[C@H]2CCCC[C@H]2C1=O)OCC(=O)N1CCN(c2ccccc2)CC1. The summed E-state index contributed by atoms with van der Waals surface area (Å²) < 4.78 is 5.09. The van der Waals surface area contributed by atoms with Crippen molar-refractivity contribution in [1.82, 2.24) is 9.80 Å². The number of ether oxygens (including phenoxy) is 1. The summed E-state index contributed by atoms with van der Waals surface area (Å²) in [5.74, 6) is -2.10. The molecule has 3 aliphatic rings. The lowest BCUT2D eigenvalue weighted by Gasteiger charge is -2.36. The van der Waals surface area contributed by atoms with Crippen molar-refractivity contribution in [1.29, 1.82) is 0 Å². The van der Waals surface area contributed by atoms with E-state index < -0.39 is 12.5 Å². The fourth-order valence-electron chi connectivity index (χ4n) is 4.65. The highest BCUT2D eigenvalue weighted by molar-refractivity contribution is 6.07. The van der Waals surface area contributed by atoms with Crippen molar-refractivity contribution in [2.45, 2.75) is 25.7 Å². The van der Waals surface area contributed by atoms with E-state index in [0.717, 1.165) is 23.4 Å². The average Bonchev–Trinajstić information content (AvgIpc) is 3.03. The molecule has 0 spiro atoms. The molecule has 3 amide bonds. The molecule has 0 radical (unpaired) electrons. The van der Waals surface area contributed by atoms with Crippen molar-refractivity contribution < 1.29 is 23.9 Å². The van der Waals surface area contributed by atoms with Gasteiger partial charge in [0.1, 0.15) is 6.54 Å². The number of nitrogens with zero attached hydrogens (tertiary/aromatic N) is 3. The second-order valence-electron chi connectivity index (χ2n) is 8.12. The van der Waals surface area contributed by atoms with Gasteiger partial charge in [0.2, 0.25) is 11.8 Å². The maximum Gasteiger partial charge on any atom is 0.326 e. The Bertz CT molecular complexity index is 795. The van der Waals surface area contributed by atoms with E-state index >= 15 is 0 Å². The van der Waals surface area contributed by atoms with Crippen LogP contribution < -0.4 is 4.90 Å². The van der Waals surface area contributed by atoms with Crippen LogP contribution >= 0.6 is 0 Å². The van der Waals surface area contributed by atoms with Gasteiger partial charge in [0.05, 0.1) is 11.8 Å². The lowest BCUT2D eigenvalue weighted by Crippen LogP contribution is -2.50. The fourth-order valence-corrected chi connectivity index (χ4v) is 4.65. The zero-order valence-electron chi connectivity index (χ0n) is 17.0. The third-order valence-corrected chi connectivity index (χ3v) is 6.33. The van der Waals surface area contributed by atoms with Gasteiger partial charge >= 0.3 is 5.97 Å². The van der Waals surface area contributed by atoms with Gasteiger partial charge in [0.15, 0.2) is 6.61 Å². The van der Waals surface area contributed by atoms with Gasteiger partial charge in [-0.2, -0.15) is 0 Å². The standard InChI is InChI=1S/C22H27N3O5/c26-19(24-12-10-23(11-13-24)16-6-2-1-3-7-16)15-30-20(27)14-25-21(28)17-8-4-5-9-18(17)22(25)29/h1-3,6-7,17-18H,4-5,8-15H2/t17-,18+. The summed E-state index contributed by atoms with van der Waals surface area (Å²) in [6.07, 6.45) is 3.28. The van der Waals surface area contributed by atoms with Crippen LogP contribution in [0.25, 0.3) is 0 Å². The molecule has 2 heterocycles. The van der Waals surface area contributed by atoms with Crippen molar-refractivity contribution in [3.05, 3.63) is 30.3 Å². The zero-order valence-corrected chi connectivity index (χ0v) is 17.0. The Morgan fingerprint density at radius 3 is 2.10 bits per heavy atom. The first-order valence-electron chi connectivity index (χ1n) is 10.6. The second-order valence-corrected chi connectivity index (χ2v) is 8.12. The van der Waals surface area contributed by atoms with Crippen LogP contribution in [-0.2, 0) is 23.9 Å². The van der Waals surface area contributed by atoms with Crippen molar-refractivity contribution in [2.24, 2.45) is 11.8 Å². The molecule has 8 nitrogen and oxygen atoms in total. The number of carbonyl (C=O) groups is 4. The highest BCUT2D eigenvalue weighted by Gasteiger charge is 2.48. The number of imide groups is 1. The van der Waals surface area contributed by atoms with E-state index in [0.29, 0.717) is 39.0 Å². The lowest BCUT2D eigenvalue weighted by molar-refractivity contribution is -0.156. The number of fused-ring (bicyclic) bond motifs is 1. The lowest BCUT2D eigenvalue weighted by atomic mass is 9.81. The summed E-state index contributed by atoms with van der Waals surface area (Å²) in [5, 5.41) is 0. The van der Waals surface area contributed by atoms with Gasteiger partial charge in [-0.25, -0.2) is 0 Å². The summed E-state index contributed by atoms with van der Waals surface area (Å²) in [6.45, 7) is 1.76. The summed E-state index contributed by atoms with van der Waals surface area (Å²) in [5.41, 5.74) is 1.12. The van der Waals surface area contributed by atoms with Crippen molar-refractivity contribution >= 4 is 29.4 Å². The van der Waals surface area contributed by atoms with E-state index in [2.05, 4.69) is 4.90 Å². The van der Waals surface area contributed by atoms with Crippen LogP contribution in [-0.4, -0.2) is 72.8 Å². The Labute approximate surface area is 175 Å². The molecule has 4 rings (SSSR count). The molecule has 1 saturated carbocycles. The summed E-state index contributed by atoms with van der Waals surface area (Å²) in [7, 11) is 0. The minimum atomic E-state index is -0.716. The molecule has 30 heavy (non-hydrogen) atoms. The summed E-state index contributed by atoms with van der Waals surface area (Å²) in [6, 6.07) is 10.0. The Kier molecular flexibility index (Phi) is 6.01. The number of amides is 3. The Morgan fingerprint density at radius 1 is 0.900 bits per heavy atom. The number of rotatable bonds is 5. The number of hydrogen-bond acceptors (Lipinski definition) is 6. The van der Waals surface area contributed by atoms with Crippen molar-refractivity contribution in [3.63, 3.8) is 0 Å². The molecular weight excluding hydrogens is 386 g/mol. The number of esters is 1. The molecule has 0 unspecified atom stereocenters. The Morgan fingerprint density at radius 2 is 1.50 bits per heavy atom. The van der Waals surface area contributed by atoms with Crippen LogP contribution in [0.3, 0.4) is 0 Å². The maximum absolute atomic E-state index is 12.4.